The summed E-state index contributed by atoms with van der Waals surface area (Å²) < 4.78 is 22.8. The Bertz CT molecular complexity index is 1090. The van der Waals surface area contributed by atoms with Gasteiger partial charge in [-0.2, -0.15) is 0 Å². The molecule has 1 aliphatic heterocycles. The molecule has 1 saturated heterocycles. The van der Waals surface area contributed by atoms with Gasteiger partial charge >= 0.3 is 6.03 Å². The second-order valence-electron chi connectivity index (χ2n) is 7.88. The van der Waals surface area contributed by atoms with Gasteiger partial charge in [-0.3, -0.25) is 19.8 Å². The minimum absolute atomic E-state index is 0.0636. The molecule has 10 nitrogen and oxygen atoms in total. The molecule has 2 amide bonds. The number of urea groups is 1. The van der Waals surface area contributed by atoms with Crippen LogP contribution in [0.5, 0.6) is 17.2 Å². The number of anilines is 1. The van der Waals surface area contributed by atoms with E-state index in [1.54, 1.807) is 24.3 Å². The Morgan fingerprint density at radius 1 is 1.11 bits per heavy atom. The lowest BCUT2D eigenvalue weighted by molar-refractivity contribution is 0.0437. The molecule has 2 atom stereocenters. The van der Waals surface area contributed by atoms with Crippen LogP contribution in [-0.2, 0) is 4.74 Å². The van der Waals surface area contributed by atoms with Crippen molar-refractivity contribution in [3.8, 4) is 17.2 Å². The van der Waals surface area contributed by atoms with Gasteiger partial charge in [-0.15, -0.1) is 0 Å². The molecular weight excluding hydrogens is 455 g/mol. The van der Waals surface area contributed by atoms with Crippen LogP contribution < -0.4 is 19.5 Å². The highest BCUT2D eigenvalue weighted by Crippen LogP contribution is 2.46. The van der Waals surface area contributed by atoms with Gasteiger partial charge in [-0.25, -0.2) is 4.79 Å². The fourth-order valence-electron chi connectivity index (χ4n) is 3.96. The number of aldehydes is 2. The van der Waals surface area contributed by atoms with Crippen molar-refractivity contribution in [1.82, 2.24) is 4.97 Å². The van der Waals surface area contributed by atoms with Crippen molar-refractivity contribution < 1.29 is 38.5 Å². The SMILES string of the molecule is [B]N(O)C(=O)Nc1cc([C@@H]2CC[C@@H](c3cc(C=O)c(C=O)c(OC)c3)O2)cc(OC)c1OCCC. The number of rotatable bonds is 10. The van der Waals surface area contributed by atoms with Crippen molar-refractivity contribution in [3.05, 3.63) is 46.5 Å². The van der Waals surface area contributed by atoms with Crippen LogP contribution in [0.2, 0.25) is 0 Å². The predicted molar refractivity (Wildman–Crippen MR) is 127 cm³/mol. The van der Waals surface area contributed by atoms with Gasteiger partial charge in [0.1, 0.15) is 5.75 Å². The minimum Gasteiger partial charge on any atom is -0.496 e. The Hall–Kier alpha value is -3.57. The Kier molecular flexibility index (Phi) is 8.72. The molecule has 0 spiro atoms. The van der Waals surface area contributed by atoms with E-state index in [9.17, 15) is 19.6 Å². The van der Waals surface area contributed by atoms with Gasteiger partial charge in [0.2, 0.25) is 0 Å². The van der Waals surface area contributed by atoms with Crippen molar-refractivity contribution in [1.29, 1.82) is 0 Å². The van der Waals surface area contributed by atoms with Gasteiger partial charge < -0.3 is 24.3 Å². The van der Waals surface area contributed by atoms with Crippen molar-refractivity contribution in [2.24, 2.45) is 0 Å². The molecule has 35 heavy (non-hydrogen) atoms. The first-order valence-electron chi connectivity index (χ1n) is 11.0. The number of carbonyl (C=O) groups excluding carboxylic acids is 3. The molecule has 2 aromatic carbocycles. The van der Waals surface area contributed by atoms with Gasteiger partial charge in [0.15, 0.2) is 24.1 Å². The van der Waals surface area contributed by atoms with E-state index in [2.05, 4.69) is 5.32 Å². The van der Waals surface area contributed by atoms with Gasteiger partial charge in [-0.05, 0) is 54.7 Å². The lowest BCUT2D eigenvalue weighted by Gasteiger charge is -2.21. The summed E-state index contributed by atoms with van der Waals surface area (Å²) in [5, 5.41) is 11.8. The Morgan fingerprint density at radius 3 is 2.29 bits per heavy atom. The summed E-state index contributed by atoms with van der Waals surface area (Å²) >= 11 is 0. The summed E-state index contributed by atoms with van der Waals surface area (Å²) in [5.41, 5.74) is 2.08. The van der Waals surface area contributed by atoms with E-state index in [1.165, 1.54) is 14.2 Å². The monoisotopic (exact) mass is 482 g/mol. The van der Waals surface area contributed by atoms with Crippen LogP contribution in [0.15, 0.2) is 24.3 Å². The van der Waals surface area contributed by atoms with E-state index in [0.717, 1.165) is 6.42 Å². The number of nitrogens with zero attached hydrogens (tertiary/aromatic N) is 1. The molecule has 2 radical (unpaired) electrons. The zero-order chi connectivity index (χ0) is 25.5. The third-order valence-electron chi connectivity index (χ3n) is 5.62. The fourth-order valence-corrected chi connectivity index (χ4v) is 3.96. The van der Waals surface area contributed by atoms with E-state index in [-0.39, 0.29) is 34.0 Å². The van der Waals surface area contributed by atoms with E-state index in [4.69, 9.17) is 26.9 Å². The van der Waals surface area contributed by atoms with Crippen LogP contribution in [0.1, 0.15) is 70.2 Å². The highest BCUT2D eigenvalue weighted by atomic mass is 16.5. The number of benzene rings is 2. The summed E-state index contributed by atoms with van der Waals surface area (Å²) in [6, 6.07) is 5.79. The molecule has 1 fully saturated rings. The van der Waals surface area contributed by atoms with Crippen molar-refractivity contribution >= 4 is 32.3 Å². The summed E-state index contributed by atoms with van der Waals surface area (Å²) in [4.78, 5) is 34.9. The highest BCUT2D eigenvalue weighted by Gasteiger charge is 2.31. The third kappa shape index (κ3) is 5.75. The van der Waals surface area contributed by atoms with Crippen molar-refractivity contribution in [2.45, 2.75) is 38.4 Å². The molecule has 0 aliphatic carbocycles. The van der Waals surface area contributed by atoms with Crippen LogP contribution in [0.25, 0.3) is 0 Å². The molecule has 1 aliphatic rings. The Morgan fingerprint density at radius 2 is 1.74 bits per heavy atom. The Balaban J connectivity index is 1.94. The second-order valence-corrected chi connectivity index (χ2v) is 7.88. The summed E-state index contributed by atoms with van der Waals surface area (Å²) in [5.74, 6) is 0.971. The first kappa shape index (κ1) is 26.0. The normalized spacial score (nSPS) is 16.9. The van der Waals surface area contributed by atoms with Crippen molar-refractivity contribution in [2.75, 3.05) is 26.1 Å². The molecule has 1 heterocycles. The third-order valence-corrected chi connectivity index (χ3v) is 5.62. The fraction of sp³-hybridized carbons (Fsp3) is 0.375. The van der Waals surface area contributed by atoms with Crippen LogP contribution in [0, 0.1) is 0 Å². The minimum atomic E-state index is -0.959. The number of hydroxylamine groups is 1. The second kappa shape index (κ2) is 11.7. The molecule has 0 saturated carbocycles. The zero-order valence-electron chi connectivity index (χ0n) is 19.8. The van der Waals surface area contributed by atoms with E-state index in [0.29, 0.717) is 60.4 Å². The molecular formula is C24H27BN2O8. The molecule has 0 unspecified atom stereocenters. The number of carbonyl (C=O) groups is 3. The lowest BCUT2D eigenvalue weighted by atomic mass is 9.98. The van der Waals surface area contributed by atoms with Crippen LogP contribution in [0.3, 0.4) is 0 Å². The number of hydrogen-bond acceptors (Lipinski definition) is 8. The van der Waals surface area contributed by atoms with Gasteiger partial charge in [-0.1, -0.05) is 6.92 Å². The molecule has 3 rings (SSSR count). The first-order valence-corrected chi connectivity index (χ1v) is 11.0. The zero-order valence-corrected chi connectivity index (χ0v) is 19.8. The molecule has 2 N–H and O–H groups in total. The number of amides is 2. The average molecular weight is 482 g/mol. The molecule has 184 valence electrons. The quantitative estimate of drug-likeness (QED) is 0.225. The molecule has 2 aromatic rings. The maximum Gasteiger partial charge on any atom is 0.331 e. The lowest BCUT2D eigenvalue weighted by Crippen LogP contribution is -2.29. The predicted octanol–water partition coefficient (Wildman–Crippen LogP) is 4.02. The van der Waals surface area contributed by atoms with E-state index >= 15 is 0 Å². The highest BCUT2D eigenvalue weighted by molar-refractivity contribution is 6.15. The molecule has 11 heteroatoms. The summed E-state index contributed by atoms with van der Waals surface area (Å²) in [6.45, 7) is 2.32. The van der Waals surface area contributed by atoms with E-state index < -0.39 is 6.03 Å². The maximum atomic E-state index is 12.0. The van der Waals surface area contributed by atoms with Crippen LogP contribution >= 0.6 is 0 Å². The topological polar surface area (TPSA) is 124 Å². The standard InChI is InChI=1S/C24H27BN2O8/c1-4-7-34-23-18(26-24(30)27(25)31)9-15(11-22(23)33-3)20-6-5-19(35-20)14-8-16(12-28)17(13-29)21(10-14)32-2/h8-13,19-20,31H,4-7H2,1-3H3,(H,26,30)/t19-,20-/m0/s1. The number of nitrogens with one attached hydrogen (secondary N) is 1. The van der Waals surface area contributed by atoms with Gasteiger partial charge in [0, 0.05) is 5.56 Å². The van der Waals surface area contributed by atoms with E-state index in [1.807, 2.05) is 6.92 Å². The summed E-state index contributed by atoms with van der Waals surface area (Å²) in [7, 11) is 8.04. The van der Waals surface area contributed by atoms with Gasteiger partial charge in [0.25, 0.3) is 7.98 Å². The van der Waals surface area contributed by atoms with Gasteiger partial charge in [0.05, 0.1) is 44.3 Å². The average Bonchev–Trinajstić information content (AvgIpc) is 3.36. The smallest absolute Gasteiger partial charge is 0.331 e. The molecule has 0 bridgehead atoms. The molecule has 0 aromatic heterocycles. The summed E-state index contributed by atoms with van der Waals surface area (Å²) in [6.07, 6.45) is 2.47. The first-order chi connectivity index (χ1) is 16.9. The Labute approximate surface area is 204 Å². The largest absolute Gasteiger partial charge is 0.496 e. The van der Waals surface area contributed by atoms with Crippen LogP contribution in [0.4, 0.5) is 10.5 Å². The number of hydrogen-bond donors (Lipinski definition) is 2. The number of ether oxygens (including phenoxy) is 4. The maximum absolute atomic E-state index is 12.0. The van der Waals surface area contributed by atoms with Crippen molar-refractivity contribution in [3.63, 3.8) is 0 Å². The number of methoxy groups -OCH3 is 2. The van der Waals surface area contributed by atoms with Crippen LogP contribution in [-0.4, -0.2) is 57.6 Å².